The average Bonchev–Trinajstić information content (AvgIpc) is 2.36. The standard InChI is InChI=1S/C16H18F2O/c1-4-6-13(2)7-5-12-19-16(17,18)15-10-8-14(3)9-11-15/h4-12H,1-3H3/b6-4-,12-5+,13-7-. The van der Waals surface area contributed by atoms with Gasteiger partial charge in [0.2, 0.25) is 0 Å². The second-order valence-electron chi connectivity index (χ2n) is 4.24. The molecule has 0 aliphatic carbocycles. The van der Waals surface area contributed by atoms with Crippen molar-refractivity contribution in [3.8, 4) is 0 Å². The minimum atomic E-state index is -3.31. The minimum absolute atomic E-state index is 0.156. The van der Waals surface area contributed by atoms with Crippen LogP contribution < -0.4 is 0 Å². The molecular formula is C16H18F2O. The Morgan fingerprint density at radius 3 is 2.42 bits per heavy atom. The van der Waals surface area contributed by atoms with Crippen LogP contribution in [0, 0.1) is 6.92 Å². The van der Waals surface area contributed by atoms with Crippen molar-refractivity contribution in [1.29, 1.82) is 0 Å². The lowest BCUT2D eigenvalue weighted by Gasteiger charge is -2.15. The van der Waals surface area contributed by atoms with E-state index in [0.29, 0.717) is 0 Å². The number of benzene rings is 1. The molecule has 1 nitrogen and oxygen atoms in total. The lowest BCUT2D eigenvalue weighted by atomic mass is 10.1. The van der Waals surface area contributed by atoms with Crippen LogP contribution >= 0.6 is 0 Å². The van der Waals surface area contributed by atoms with E-state index >= 15 is 0 Å². The van der Waals surface area contributed by atoms with E-state index in [4.69, 9.17) is 0 Å². The first-order valence-corrected chi connectivity index (χ1v) is 6.04. The first-order chi connectivity index (χ1) is 8.95. The highest BCUT2D eigenvalue weighted by Gasteiger charge is 2.32. The Hall–Kier alpha value is -1.90. The van der Waals surface area contributed by atoms with Crippen LogP contribution in [-0.4, -0.2) is 0 Å². The molecule has 1 aromatic carbocycles. The van der Waals surface area contributed by atoms with Crippen molar-refractivity contribution < 1.29 is 13.5 Å². The Balaban J connectivity index is 2.67. The summed E-state index contributed by atoms with van der Waals surface area (Å²) in [7, 11) is 0. The molecular weight excluding hydrogens is 246 g/mol. The van der Waals surface area contributed by atoms with E-state index in [-0.39, 0.29) is 5.56 Å². The van der Waals surface area contributed by atoms with E-state index in [1.165, 1.54) is 18.2 Å². The van der Waals surface area contributed by atoms with Crippen molar-refractivity contribution in [3.63, 3.8) is 0 Å². The van der Waals surface area contributed by atoms with Crippen molar-refractivity contribution >= 4 is 0 Å². The van der Waals surface area contributed by atoms with Crippen molar-refractivity contribution in [2.45, 2.75) is 26.9 Å². The Labute approximate surface area is 112 Å². The van der Waals surface area contributed by atoms with Gasteiger partial charge in [-0.25, -0.2) is 0 Å². The molecule has 1 aromatic rings. The zero-order valence-electron chi connectivity index (χ0n) is 11.4. The zero-order valence-corrected chi connectivity index (χ0v) is 11.4. The Kier molecular flexibility index (Phi) is 5.49. The van der Waals surface area contributed by atoms with Crippen LogP contribution in [0.5, 0.6) is 0 Å². The maximum absolute atomic E-state index is 13.7. The molecule has 0 saturated heterocycles. The Morgan fingerprint density at radius 1 is 1.21 bits per heavy atom. The van der Waals surface area contributed by atoms with E-state index in [1.807, 2.05) is 32.9 Å². The molecule has 1 rings (SSSR count). The molecule has 0 unspecified atom stereocenters. The smallest absolute Gasteiger partial charge is 0.426 e. The molecule has 0 bridgehead atoms. The number of hydrogen-bond acceptors (Lipinski definition) is 1. The number of rotatable bonds is 5. The molecule has 0 saturated carbocycles. The van der Waals surface area contributed by atoms with E-state index in [2.05, 4.69) is 4.74 Å². The van der Waals surface area contributed by atoms with Gasteiger partial charge in [-0.15, -0.1) is 0 Å². The normalized spacial score (nSPS) is 13.4. The summed E-state index contributed by atoms with van der Waals surface area (Å²) in [5.41, 5.74) is 1.73. The maximum Gasteiger partial charge on any atom is 0.426 e. The Bertz CT molecular complexity index is 482. The van der Waals surface area contributed by atoms with Crippen molar-refractivity contribution in [2.24, 2.45) is 0 Å². The molecule has 0 aromatic heterocycles. The summed E-state index contributed by atoms with van der Waals surface area (Å²) in [6, 6.07) is 5.99. The first kappa shape index (κ1) is 15.2. The lowest BCUT2D eigenvalue weighted by Crippen LogP contribution is -2.14. The molecule has 3 heteroatoms. The van der Waals surface area contributed by atoms with Gasteiger partial charge in [0.15, 0.2) is 0 Å². The third-order valence-corrected chi connectivity index (χ3v) is 2.47. The fraction of sp³-hybridized carbons (Fsp3) is 0.250. The van der Waals surface area contributed by atoms with Gasteiger partial charge in [0.1, 0.15) is 0 Å². The van der Waals surface area contributed by atoms with Crippen LogP contribution in [0.4, 0.5) is 8.78 Å². The summed E-state index contributed by atoms with van der Waals surface area (Å²) in [6.45, 7) is 5.61. The fourth-order valence-corrected chi connectivity index (χ4v) is 1.45. The number of hydrogen-bond donors (Lipinski definition) is 0. The van der Waals surface area contributed by atoms with Gasteiger partial charge in [-0.3, -0.25) is 0 Å². The molecule has 0 aliphatic heterocycles. The van der Waals surface area contributed by atoms with E-state index in [1.54, 1.807) is 18.2 Å². The molecule has 0 aliphatic rings. The maximum atomic E-state index is 13.7. The highest BCUT2D eigenvalue weighted by molar-refractivity contribution is 5.24. The number of alkyl halides is 2. The summed E-state index contributed by atoms with van der Waals surface area (Å²) in [5, 5.41) is 0. The Morgan fingerprint density at radius 2 is 1.84 bits per heavy atom. The second-order valence-corrected chi connectivity index (χ2v) is 4.24. The molecule has 102 valence electrons. The van der Waals surface area contributed by atoms with Crippen molar-refractivity contribution in [3.05, 3.63) is 71.5 Å². The van der Waals surface area contributed by atoms with Gasteiger partial charge < -0.3 is 4.74 Å². The minimum Gasteiger partial charge on any atom is -0.437 e. The lowest BCUT2D eigenvalue weighted by molar-refractivity contribution is -0.214. The van der Waals surface area contributed by atoms with Gasteiger partial charge in [0, 0.05) is 0 Å². The van der Waals surface area contributed by atoms with Gasteiger partial charge in [-0.05, 0) is 39.0 Å². The molecule has 0 amide bonds. The third kappa shape index (κ3) is 5.08. The summed E-state index contributed by atoms with van der Waals surface area (Å²) in [5.74, 6) is 0. The van der Waals surface area contributed by atoms with E-state index in [9.17, 15) is 8.78 Å². The highest BCUT2D eigenvalue weighted by Crippen LogP contribution is 2.29. The van der Waals surface area contributed by atoms with Crippen LogP contribution in [0.25, 0.3) is 0 Å². The number of aryl methyl sites for hydroxylation is 1. The average molecular weight is 264 g/mol. The SMILES string of the molecule is C\C=C/C(C)=C\C=C\OC(F)(F)c1ccc(C)cc1. The summed E-state index contributed by atoms with van der Waals surface area (Å²) >= 11 is 0. The predicted molar refractivity (Wildman–Crippen MR) is 73.9 cm³/mol. The van der Waals surface area contributed by atoms with Crippen LogP contribution in [0.2, 0.25) is 0 Å². The summed E-state index contributed by atoms with van der Waals surface area (Å²) in [4.78, 5) is 0. The summed E-state index contributed by atoms with van der Waals surface area (Å²) < 4.78 is 31.8. The second kappa shape index (κ2) is 6.88. The van der Waals surface area contributed by atoms with Gasteiger partial charge in [0.05, 0.1) is 11.8 Å². The molecule has 0 heterocycles. The van der Waals surface area contributed by atoms with E-state index < -0.39 is 6.11 Å². The molecule has 0 N–H and O–H groups in total. The first-order valence-electron chi connectivity index (χ1n) is 6.04. The van der Waals surface area contributed by atoms with Crippen molar-refractivity contribution in [1.82, 2.24) is 0 Å². The quantitative estimate of drug-likeness (QED) is 0.531. The van der Waals surface area contributed by atoms with E-state index in [0.717, 1.165) is 17.4 Å². The van der Waals surface area contributed by atoms with Gasteiger partial charge >= 0.3 is 6.11 Å². The third-order valence-electron chi connectivity index (χ3n) is 2.47. The summed E-state index contributed by atoms with van der Waals surface area (Å²) in [6.07, 6.45) is 4.60. The molecule has 0 fully saturated rings. The molecule has 0 radical (unpaired) electrons. The monoisotopic (exact) mass is 264 g/mol. The molecule has 19 heavy (non-hydrogen) atoms. The zero-order chi connectivity index (χ0) is 14.3. The van der Waals surface area contributed by atoms with Crippen molar-refractivity contribution in [2.75, 3.05) is 0 Å². The largest absolute Gasteiger partial charge is 0.437 e. The topological polar surface area (TPSA) is 9.23 Å². The number of ether oxygens (including phenoxy) is 1. The molecule has 0 atom stereocenters. The number of allylic oxidation sites excluding steroid dienone is 5. The van der Waals surface area contributed by atoms with Crippen LogP contribution in [0.15, 0.2) is 60.4 Å². The predicted octanol–water partition coefficient (Wildman–Crippen LogP) is 5.10. The van der Waals surface area contributed by atoms with Crippen LogP contribution in [0.1, 0.15) is 25.0 Å². The number of halogens is 2. The van der Waals surface area contributed by atoms with Crippen LogP contribution in [0.3, 0.4) is 0 Å². The fourth-order valence-electron chi connectivity index (χ4n) is 1.45. The van der Waals surface area contributed by atoms with Gasteiger partial charge in [0.25, 0.3) is 0 Å². The van der Waals surface area contributed by atoms with Crippen LogP contribution in [-0.2, 0) is 10.8 Å². The van der Waals surface area contributed by atoms with Gasteiger partial charge in [-0.2, -0.15) is 8.78 Å². The van der Waals surface area contributed by atoms with Gasteiger partial charge in [-0.1, -0.05) is 41.5 Å². The molecule has 0 spiro atoms. The highest BCUT2D eigenvalue weighted by atomic mass is 19.3.